The fourth-order valence-corrected chi connectivity index (χ4v) is 1.60. The van der Waals surface area contributed by atoms with Gasteiger partial charge in [-0.25, -0.2) is 0 Å². The second-order valence-electron chi connectivity index (χ2n) is 4.65. The van der Waals surface area contributed by atoms with E-state index < -0.39 is 0 Å². The summed E-state index contributed by atoms with van der Waals surface area (Å²) in [6.45, 7) is 7.42. The lowest BCUT2D eigenvalue weighted by atomic mass is 10.3. The quantitative estimate of drug-likeness (QED) is 0.840. The Kier molecular flexibility index (Phi) is 5.01. The van der Waals surface area contributed by atoms with Crippen LogP contribution in [0.1, 0.15) is 26.5 Å². The first-order chi connectivity index (χ1) is 9.67. The molecule has 1 heterocycles. The summed E-state index contributed by atoms with van der Waals surface area (Å²) in [5, 5.41) is 3.27. The Bertz CT molecular complexity index is 520. The zero-order chi connectivity index (χ0) is 14.4. The summed E-state index contributed by atoms with van der Waals surface area (Å²) in [4.78, 5) is 4.25. The van der Waals surface area contributed by atoms with E-state index in [1.807, 2.05) is 31.2 Å². The van der Waals surface area contributed by atoms with Crippen LogP contribution < -0.4 is 14.8 Å². The lowest BCUT2D eigenvalue weighted by Gasteiger charge is -2.04. The summed E-state index contributed by atoms with van der Waals surface area (Å²) < 4.78 is 16.2. The molecule has 5 heteroatoms. The van der Waals surface area contributed by atoms with Gasteiger partial charge in [-0.3, -0.25) is 0 Å². The van der Waals surface area contributed by atoms with Gasteiger partial charge >= 0.3 is 6.08 Å². The molecule has 0 spiro atoms. The van der Waals surface area contributed by atoms with E-state index in [-0.39, 0.29) is 6.08 Å². The van der Waals surface area contributed by atoms with Crippen LogP contribution in [0, 0.1) is 0 Å². The minimum atomic E-state index is 0.245. The summed E-state index contributed by atoms with van der Waals surface area (Å²) in [5.41, 5.74) is 0.819. The maximum Gasteiger partial charge on any atom is 0.399 e. The van der Waals surface area contributed by atoms with Gasteiger partial charge in [-0.15, -0.1) is 0 Å². The Morgan fingerprint density at radius 1 is 1.20 bits per heavy atom. The molecule has 2 rings (SSSR count). The number of ether oxygens (including phenoxy) is 2. The Hall–Kier alpha value is -2.01. The largest absolute Gasteiger partial charge is 0.494 e. The van der Waals surface area contributed by atoms with E-state index in [2.05, 4.69) is 24.1 Å². The molecule has 108 valence electrons. The van der Waals surface area contributed by atoms with Crippen molar-refractivity contribution in [2.45, 2.75) is 33.4 Å². The van der Waals surface area contributed by atoms with Crippen molar-refractivity contribution in [3.8, 4) is 17.6 Å². The number of benzene rings is 1. The first-order valence-corrected chi connectivity index (χ1v) is 6.76. The maximum atomic E-state index is 5.54. The minimum Gasteiger partial charge on any atom is -0.494 e. The Balaban J connectivity index is 1.92. The predicted octanol–water partition coefficient (Wildman–Crippen LogP) is 3.36. The molecule has 0 aliphatic heterocycles. The molecule has 0 unspecified atom stereocenters. The molecule has 0 saturated carbocycles. The van der Waals surface area contributed by atoms with Crippen molar-refractivity contribution >= 4 is 0 Å². The van der Waals surface area contributed by atoms with Crippen LogP contribution in [-0.2, 0) is 6.54 Å². The number of oxazole rings is 1. The van der Waals surface area contributed by atoms with E-state index in [4.69, 9.17) is 13.9 Å². The average molecular weight is 276 g/mol. The van der Waals surface area contributed by atoms with Crippen molar-refractivity contribution in [2.24, 2.45) is 0 Å². The molecule has 0 radical (unpaired) electrons. The van der Waals surface area contributed by atoms with Crippen LogP contribution in [0.2, 0.25) is 0 Å². The number of hydrogen-bond acceptors (Lipinski definition) is 5. The Morgan fingerprint density at radius 2 is 1.90 bits per heavy atom. The van der Waals surface area contributed by atoms with Gasteiger partial charge in [-0.1, -0.05) is 13.8 Å². The van der Waals surface area contributed by atoms with Crippen molar-refractivity contribution in [3.63, 3.8) is 0 Å². The second kappa shape index (κ2) is 6.96. The zero-order valence-corrected chi connectivity index (χ0v) is 12.1. The van der Waals surface area contributed by atoms with Crippen LogP contribution in [0.25, 0.3) is 0 Å². The molecule has 0 aliphatic rings. The summed E-state index contributed by atoms with van der Waals surface area (Å²) in [6.07, 6.45) is 1.84. The third-order valence-electron chi connectivity index (χ3n) is 2.56. The van der Waals surface area contributed by atoms with Crippen LogP contribution in [0.4, 0.5) is 0 Å². The van der Waals surface area contributed by atoms with Gasteiger partial charge in [0.15, 0.2) is 0 Å². The zero-order valence-electron chi connectivity index (χ0n) is 12.1. The fourth-order valence-electron chi connectivity index (χ4n) is 1.60. The summed E-state index contributed by atoms with van der Waals surface area (Å²) in [5.74, 6) is 1.48. The molecule has 0 aliphatic carbocycles. The second-order valence-corrected chi connectivity index (χ2v) is 4.65. The molecule has 1 aromatic heterocycles. The molecular formula is C15H20N2O3. The number of nitrogens with one attached hydrogen (secondary N) is 1. The van der Waals surface area contributed by atoms with E-state index in [1.54, 1.807) is 6.26 Å². The molecule has 1 N–H and O–H groups in total. The van der Waals surface area contributed by atoms with Gasteiger partial charge in [-0.2, -0.15) is 4.98 Å². The highest BCUT2D eigenvalue weighted by Gasteiger charge is 2.07. The molecule has 0 atom stereocenters. The highest BCUT2D eigenvalue weighted by molar-refractivity contribution is 5.32. The summed E-state index contributed by atoms with van der Waals surface area (Å²) >= 11 is 0. The van der Waals surface area contributed by atoms with Crippen molar-refractivity contribution in [3.05, 3.63) is 36.2 Å². The van der Waals surface area contributed by atoms with E-state index in [0.717, 1.165) is 11.4 Å². The third-order valence-corrected chi connectivity index (χ3v) is 2.56. The maximum absolute atomic E-state index is 5.54. The fraction of sp³-hybridized carbons (Fsp3) is 0.400. The molecular weight excluding hydrogens is 256 g/mol. The molecule has 5 nitrogen and oxygen atoms in total. The Labute approximate surface area is 118 Å². The van der Waals surface area contributed by atoms with Gasteiger partial charge in [0.1, 0.15) is 17.8 Å². The van der Waals surface area contributed by atoms with Crippen LogP contribution in [0.3, 0.4) is 0 Å². The van der Waals surface area contributed by atoms with Crippen molar-refractivity contribution in [1.82, 2.24) is 10.3 Å². The first-order valence-electron chi connectivity index (χ1n) is 6.76. The van der Waals surface area contributed by atoms with E-state index >= 15 is 0 Å². The average Bonchev–Trinajstić information content (AvgIpc) is 2.87. The molecule has 0 amide bonds. The van der Waals surface area contributed by atoms with Crippen molar-refractivity contribution < 1.29 is 13.9 Å². The lowest BCUT2D eigenvalue weighted by Crippen LogP contribution is -2.21. The Morgan fingerprint density at radius 3 is 2.55 bits per heavy atom. The van der Waals surface area contributed by atoms with Crippen LogP contribution in [0.15, 0.2) is 34.9 Å². The number of aromatic nitrogens is 1. The van der Waals surface area contributed by atoms with Gasteiger partial charge in [-0.05, 0) is 31.2 Å². The molecule has 0 bridgehead atoms. The van der Waals surface area contributed by atoms with Gasteiger partial charge in [0.2, 0.25) is 0 Å². The standard InChI is InChI=1S/C15H20N2O3/c1-4-18-13-5-7-14(8-6-13)20-15-17-12(10-19-15)9-16-11(2)3/h5-8,10-11,16H,4,9H2,1-3H3. The van der Waals surface area contributed by atoms with Gasteiger partial charge in [0.25, 0.3) is 0 Å². The van der Waals surface area contributed by atoms with Crippen molar-refractivity contribution in [1.29, 1.82) is 0 Å². The molecule has 0 fully saturated rings. The lowest BCUT2D eigenvalue weighted by molar-refractivity contribution is 0.326. The first kappa shape index (κ1) is 14.4. The minimum absolute atomic E-state index is 0.245. The number of nitrogens with zero attached hydrogens (tertiary/aromatic N) is 1. The summed E-state index contributed by atoms with van der Waals surface area (Å²) in [6, 6.07) is 7.75. The van der Waals surface area contributed by atoms with Crippen LogP contribution in [0.5, 0.6) is 17.6 Å². The highest BCUT2D eigenvalue weighted by Crippen LogP contribution is 2.23. The van der Waals surface area contributed by atoms with E-state index in [0.29, 0.717) is 24.9 Å². The predicted molar refractivity (Wildman–Crippen MR) is 76.2 cm³/mol. The van der Waals surface area contributed by atoms with Crippen LogP contribution >= 0.6 is 0 Å². The van der Waals surface area contributed by atoms with E-state index in [9.17, 15) is 0 Å². The topological polar surface area (TPSA) is 56.5 Å². The van der Waals surface area contributed by atoms with Gasteiger partial charge < -0.3 is 19.2 Å². The smallest absolute Gasteiger partial charge is 0.399 e. The third kappa shape index (κ3) is 4.28. The van der Waals surface area contributed by atoms with Gasteiger partial charge in [0, 0.05) is 12.6 Å². The SMILES string of the molecule is CCOc1ccc(Oc2nc(CNC(C)C)co2)cc1. The van der Waals surface area contributed by atoms with Crippen LogP contribution in [-0.4, -0.2) is 17.6 Å². The normalized spacial score (nSPS) is 10.8. The van der Waals surface area contributed by atoms with E-state index in [1.165, 1.54) is 0 Å². The number of hydrogen-bond donors (Lipinski definition) is 1. The molecule has 0 saturated heterocycles. The molecule has 20 heavy (non-hydrogen) atoms. The molecule has 2 aromatic rings. The highest BCUT2D eigenvalue weighted by atomic mass is 16.6. The van der Waals surface area contributed by atoms with Crippen molar-refractivity contribution in [2.75, 3.05) is 6.61 Å². The van der Waals surface area contributed by atoms with Gasteiger partial charge in [0.05, 0.1) is 12.3 Å². The monoisotopic (exact) mass is 276 g/mol. The summed E-state index contributed by atoms with van der Waals surface area (Å²) in [7, 11) is 0. The number of rotatable bonds is 7. The molecule has 1 aromatic carbocycles.